The Morgan fingerprint density at radius 3 is 1.84 bits per heavy atom. The first kappa shape index (κ1) is 13.6. The highest BCUT2D eigenvalue weighted by Crippen LogP contribution is 2.03. The molecule has 0 bridgehead atoms. The second-order valence-corrected chi connectivity index (χ2v) is 6.40. The summed E-state index contributed by atoms with van der Waals surface area (Å²) in [5, 5.41) is 2.56. The summed E-state index contributed by atoms with van der Waals surface area (Å²) in [6.45, 7) is 4.17. The highest BCUT2D eigenvalue weighted by Gasteiger charge is 2.20. The average Bonchev–Trinajstić information content (AvgIpc) is 2.47. The molecule has 0 atom stereocenters. The highest BCUT2D eigenvalue weighted by atomic mass is 28.3. The molecule has 0 saturated carbocycles. The normalized spacial score (nSPS) is 11.6. The van der Waals surface area contributed by atoms with Crippen molar-refractivity contribution in [2.45, 2.75) is 20.3 Å². The summed E-state index contributed by atoms with van der Waals surface area (Å²) in [6, 6.07) is 21.0. The van der Waals surface area contributed by atoms with Crippen LogP contribution in [0.5, 0.6) is 0 Å². The topological polar surface area (TPSA) is 9.23 Å². The van der Waals surface area contributed by atoms with E-state index in [2.05, 4.69) is 61.5 Å². The van der Waals surface area contributed by atoms with E-state index < -0.39 is 9.04 Å². The van der Waals surface area contributed by atoms with Crippen LogP contribution >= 0.6 is 0 Å². The van der Waals surface area contributed by atoms with Gasteiger partial charge in [0.05, 0.1) is 5.76 Å². The molecule has 0 aliphatic carbocycles. The maximum Gasteiger partial charge on any atom is 0.352 e. The molecular formula is C17H19OSi. The van der Waals surface area contributed by atoms with Gasteiger partial charge in [-0.2, -0.15) is 0 Å². The van der Waals surface area contributed by atoms with Crippen LogP contribution in [0.3, 0.4) is 0 Å². The first-order chi connectivity index (χ1) is 9.31. The summed E-state index contributed by atoms with van der Waals surface area (Å²) >= 11 is 0. The lowest BCUT2D eigenvalue weighted by molar-refractivity contribution is 0.449. The van der Waals surface area contributed by atoms with Gasteiger partial charge in [-0.3, -0.25) is 0 Å². The summed E-state index contributed by atoms with van der Waals surface area (Å²) in [6.07, 6.45) is 3.14. The van der Waals surface area contributed by atoms with Crippen molar-refractivity contribution in [2.75, 3.05) is 0 Å². The van der Waals surface area contributed by atoms with Crippen LogP contribution < -0.4 is 10.4 Å². The van der Waals surface area contributed by atoms with Crippen LogP contribution in [0.15, 0.2) is 72.5 Å². The number of allylic oxidation sites excluding steroid dienone is 2. The number of rotatable bonds is 5. The summed E-state index contributed by atoms with van der Waals surface area (Å²) < 4.78 is 6.23. The molecule has 0 aliphatic rings. The Labute approximate surface area is 117 Å². The molecule has 1 radical (unpaired) electrons. The molecule has 0 unspecified atom stereocenters. The summed E-state index contributed by atoms with van der Waals surface area (Å²) in [5.41, 5.74) is 0. The number of hydrogen-bond acceptors (Lipinski definition) is 1. The van der Waals surface area contributed by atoms with Gasteiger partial charge in [-0.1, -0.05) is 67.6 Å². The molecule has 1 nitrogen and oxygen atoms in total. The van der Waals surface area contributed by atoms with E-state index in [-0.39, 0.29) is 0 Å². The summed E-state index contributed by atoms with van der Waals surface area (Å²) in [5.74, 6) is 1.02. The largest absolute Gasteiger partial charge is 0.536 e. The van der Waals surface area contributed by atoms with E-state index in [0.717, 1.165) is 12.2 Å². The molecule has 2 aromatic rings. The minimum Gasteiger partial charge on any atom is -0.536 e. The van der Waals surface area contributed by atoms with Crippen LogP contribution in [0.1, 0.15) is 20.3 Å². The lowest BCUT2D eigenvalue weighted by Crippen LogP contribution is -2.44. The first-order valence-electron chi connectivity index (χ1n) is 6.63. The van der Waals surface area contributed by atoms with Crippen molar-refractivity contribution < 1.29 is 4.43 Å². The van der Waals surface area contributed by atoms with Crippen molar-refractivity contribution in [3.8, 4) is 0 Å². The lowest BCUT2D eigenvalue weighted by atomic mass is 10.4. The fourth-order valence-electron chi connectivity index (χ4n) is 1.95. The monoisotopic (exact) mass is 267 g/mol. The molecule has 0 spiro atoms. The van der Waals surface area contributed by atoms with E-state index in [0.29, 0.717) is 0 Å². The fraction of sp³-hybridized carbons (Fsp3) is 0.176. The molecule has 0 N–H and O–H groups in total. The van der Waals surface area contributed by atoms with E-state index in [9.17, 15) is 0 Å². The lowest BCUT2D eigenvalue weighted by Gasteiger charge is -2.17. The molecule has 0 amide bonds. The minimum absolute atomic E-state index is 1.00. The molecule has 0 heterocycles. The Bertz CT molecular complexity index is 480. The zero-order valence-electron chi connectivity index (χ0n) is 11.5. The van der Waals surface area contributed by atoms with Gasteiger partial charge in [-0.25, -0.2) is 0 Å². The zero-order chi connectivity index (χ0) is 13.5. The molecule has 0 aliphatic heterocycles. The Balaban J connectivity index is 2.32. The third kappa shape index (κ3) is 3.83. The van der Waals surface area contributed by atoms with Crippen LogP contribution in [-0.2, 0) is 4.43 Å². The van der Waals surface area contributed by atoms with Crippen molar-refractivity contribution >= 4 is 19.4 Å². The van der Waals surface area contributed by atoms with Gasteiger partial charge in [0, 0.05) is 0 Å². The second-order valence-electron chi connectivity index (χ2n) is 4.39. The minimum atomic E-state index is -1.19. The smallest absolute Gasteiger partial charge is 0.352 e. The Hall–Kier alpha value is -1.80. The van der Waals surface area contributed by atoms with Gasteiger partial charge >= 0.3 is 9.04 Å². The van der Waals surface area contributed by atoms with Crippen molar-refractivity contribution in [2.24, 2.45) is 0 Å². The van der Waals surface area contributed by atoms with Gasteiger partial charge in [0.25, 0.3) is 0 Å². The van der Waals surface area contributed by atoms with Gasteiger partial charge in [-0.05, 0) is 29.8 Å². The molecule has 19 heavy (non-hydrogen) atoms. The van der Waals surface area contributed by atoms with E-state index in [1.54, 1.807) is 0 Å². The van der Waals surface area contributed by atoms with Crippen molar-refractivity contribution in [1.82, 2.24) is 0 Å². The van der Waals surface area contributed by atoms with E-state index in [4.69, 9.17) is 4.43 Å². The average molecular weight is 267 g/mol. The van der Waals surface area contributed by atoms with Gasteiger partial charge in [-0.15, -0.1) is 0 Å². The zero-order valence-corrected chi connectivity index (χ0v) is 12.5. The predicted molar refractivity (Wildman–Crippen MR) is 83.0 cm³/mol. The van der Waals surface area contributed by atoms with Gasteiger partial charge < -0.3 is 4.43 Å². The van der Waals surface area contributed by atoms with E-state index in [1.165, 1.54) is 10.4 Å². The molecule has 97 valence electrons. The summed E-state index contributed by atoms with van der Waals surface area (Å²) in [4.78, 5) is 0. The predicted octanol–water partition coefficient (Wildman–Crippen LogP) is 3.12. The van der Waals surface area contributed by atoms with Crippen LogP contribution in [0.2, 0.25) is 0 Å². The van der Waals surface area contributed by atoms with Crippen molar-refractivity contribution in [3.05, 3.63) is 72.5 Å². The molecule has 0 saturated heterocycles. The Kier molecular flexibility index (Phi) is 4.98. The highest BCUT2D eigenvalue weighted by molar-refractivity contribution is 6.80. The quantitative estimate of drug-likeness (QED) is 0.597. The Morgan fingerprint density at radius 1 is 0.947 bits per heavy atom. The first-order valence-corrected chi connectivity index (χ1v) is 8.04. The molecule has 0 fully saturated rings. The van der Waals surface area contributed by atoms with Crippen molar-refractivity contribution in [3.63, 3.8) is 0 Å². The molecule has 2 rings (SSSR count). The van der Waals surface area contributed by atoms with E-state index >= 15 is 0 Å². The molecule has 0 aromatic heterocycles. The van der Waals surface area contributed by atoms with Crippen molar-refractivity contribution in [1.29, 1.82) is 0 Å². The maximum absolute atomic E-state index is 6.23. The van der Waals surface area contributed by atoms with Crippen LogP contribution in [0.4, 0.5) is 0 Å². The number of benzene rings is 2. The standard InChI is InChI=1S/C17H19OSi/c1-3-10-15(2)18-19(16-11-6-4-7-12-16)17-13-8-5-9-14-17/h4-14H,3H2,1-2H3/b15-10+. The molecular weight excluding hydrogens is 248 g/mol. The molecule has 2 heteroatoms. The molecule has 2 aromatic carbocycles. The van der Waals surface area contributed by atoms with Crippen LogP contribution in [-0.4, -0.2) is 9.04 Å². The van der Waals surface area contributed by atoms with Gasteiger partial charge in [0.1, 0.15) is 0 Å². The number of hydrogen-bond donors (Lipinski definition) is 0. The van der Waals surface area contributed by atoms with Crippen LogP contribution in [0.25, 0.3) is 0 Å². The second kappa shape index (κ2) is 6.95. The van der Waals surface area contributed by atoms with Crippen LogP contribution in [0, 0.1) is 0 Å². The van der Waals surface area contributed by atoms with Gasteiger partial charge in [0.15, 0.2) is 0 Å². The third-order valence-electron chi connectivity index (χ3n) is 2.83. The SMILES string of the molecule is CC/C=C(\C)O[Si](c1ccccc1)c1ccccc1. The van der Waals surface area contributed by atoms with E-state index in [1.807, 2.05) is 19.1 Å². The summed E-state index contributed by atoms with van der Waals surface area (Å²) in [7, 11) is -1.19. The van der Waals surface area contributed by atoms with Gasteiger partial charge in [0.2, 0.25) is 0 Å². The Morgan fingerprint density at radius 2 is 1.42 bits per heavy atom. The fourth-order valence-corrected chi connectivity index (χ4v) is 3.92. The third-order valence-corrected chi connectivity index (χ3v) is 5.07. The maximum atomic E-state index is 6.23.